The van der Waals surface area contributed by atoms with Gasteiger partial charge in [-0.15, -0.1) is 0 Å². The first kappa shape index (κ1) is 7.55. The standard InChI is InChI=1S/C9H12N3/c1-2-4-11-9(3-1)12-7-5-10-6-8-12/h1-4H,5-8H2. The lowest BCUT2D eigenvalue weighted by Gasteiger charge is -2.27. The average molecular weight is 162 g/mol. The number of hydrogen-bond acceptors (Lipinski definition) is 2. The van der Waals surface area contributed by atoms with Crippen LogP contribution in [0.1, 0.15) is 0 Å². The van der Waals surface area contributed by atoms with Crippen LogP contribution in [0.4, 0.5) is 5.82 Å². The summed E-state index contributed by atoms with van der Waals surface area (Å²) in [5.74, 6) is 1.08. The molecule has 0 atom stereocenters. The molecule has 1 aliphatic rings. The maximum absolute atomic E-state index is 4.29. The van der Waals surface area contributed by atoms with Gasteiger partial charge in [0.15, 0.2) is 0 Å². The molecular formula is C9H12N3. The zero-order valence-electron chi connectivity index (χ0n) is 6.98. The third kappa shape index (κ3) is 1.56. The number of aromatic nitrogens is 1. The third-order valence-corrected chi connectivity index (χ3v) is 2.03. The van der Waals surface area contributed by atoms with Gasteiger partial charge in [0.25, 0.3) is 0 Å². The van der Waals surface area contributed by atoms with Crippen molar-refractivity contribution >= 4 is 5.82 Å². The summed E-state index contributed by atoms with van der Waals surface area (Å²) < 4.78 is 0. The molecule has 1 aliphatic heterocycles. The van der Waals surface area contributed by atoms with E-state index in [0.717, 1.165) is 32.0 Å². The van der Waals surface area contributed by atoms with Gasteiger partial charge in [0.1, 0.15) is 5.82 Å². The Bertz CT molecular complexity index is 229. The van der Waals surface area contributed by atoms with E-state index in [2.05, 4.69) is 15.2 Å². The Kier molecular flexibility index (Phi) is 2.23. The van der Waals surface area contributed by atoms with Crippen LogP contribution in [0, 0.1) is 0 Å². The molecule has 63 valence electrons. The minimum atomic E-state index is 0.941. The van der Waals surface area contributed by atoms with E-state index in [1.54, 1.807) is 0 Å². The van der Waals surface area contributed by atoms with Crippen molar-refractivity contribution in [1.82, 2.24) is 10.3 Å². The fourth-order valence-corrected chi connectivity index (χ4v) is 1.38. The van der Waals surface area contributed by atoms with Crippen molar-refractivity contribution in [3.05, 3.63) is 24.4 Å². The molecule has 0 spiro atoms. The molecular weight excluding hydrogens is 150 g/mol. The summed E-state index contributed by atoms with van der Waals surface area (Å²) in [6.45, 7) is 3.90. The smallest absolute Gasteiger partial charge is 0.128 e. The highest BCUT2D eigenvalue weighted by molar-refractivity contribution is 5.38. The van der Waals surface area contributed by atoms with Gasteiger partial charge in [0.2, 0.25) is 0 Å². The van der Waals surface area contributed by atoms with Crippen molar-refractivity contribution in [2.45, 2.75) is 0 Å². The highest BCUT2D eigenvalue weighted by atomic mass is 15.2. The van der Waals surface area contributed by atoms with Crippen molar-refractivity contribution in [3.8, 4) is 0 Å². The van der Waals surface area contributed by atoms with E-state index in [9.17, 15) is 0 Å². The monoisotopic (exact) mass is 162 g/mol. The fourth-order valence-electron chi connectivity index (χ4n) is 1.38. The Morgan fingerprint density at radius 1 is 1.17 bits per heavy atom. The molecule has 0 aromatic carbocycles. The highest BCUT2D eigenvalue weighted by Crippen LogP contribution is 2.09. The summed E-state index contributed by atoms with van der Waals surface area (Å²) >= 11 is 0. The van der Waals surface area contributed by atoms with Gasteiger partial charge in [0.05, 0.1) is 0 Å². The van der Waals surface area contributed by atoms with Crippen LogP contribution in [0.3, 0.4) is 0 Å². The molecule has 1 aromatic rings. The number of anilines is 1. The van der Waals surface area contributed by atoms with Crippen LogP contribution in [0.5, 0.6) is 0 Å². The third-order valence-electron chi connectivity index (χ3n) is 2.03. The number of hydrogen-bond donors (Lipinski definition) is 0. The number of nitrogens with zero attached hydrogens (tertiary/aromatic N) is 3. The zero-order chi connectivity index (χ0) is 8.23. The molecule has 1 saturated heterocycles. The average Bonchev–Trinajstić information content (AvgIpc) is 2.21. The Morgan fingerprint density at radius 3 is 2.67 bits per heavy atom. The van der Waals surface area contributed by atoms with Crippen molar-refractivity contribution in [3.63, 3.8) is 0 Å². The topological polar surface area (TPSA) is 30.2 Å². The van der Waals surface area contributed by atoms with Crippen LogP contribution in [-0.4, -0.2) is 31.2 Å². The summed E-state index contributed by atoms with van der Waals surface area (Å²) in [6.07, 6.45) is 1.83. The van der Waals surface area contributed by atoms with Crippen molar-refractivity contribution in [2.24, 2.45) is 0 Å². The predicted octanol–water partition coefficient (Wildman–Crippen LogP) is 0.506. The lowest BCUT2D eigenvalue weighted by Crippen LogP contribution is -2.40. The van der Waals surface area contributed by atoms with E-state index >= 15 is 0 Å². The molecule has 2 heterocycles. The van der Waals surface area contributed by atoms with E-state index in [1.165, 1.54) is 0 Å². The van der Waals surface area contributed by atoms with E-state index in [4.69, 9.17) is 0 Å². The van der Waals surface area contributed by atoms with Gasteiger partial charge in [-0.1, -0.05) is 6.07 Å². The maximum atomic E-state index is 4.29. The first-order chi connectivity index (χ1) is 5.97. The molecule has 0 unspecified atom stereocenters. The van der Waals surface area contributed by atoms with Crippen LogP contribution in [0.2, 0.25) is 0 Å². The van der Waals surface area contributed by atoms with Gasteiger partial charge in [-0.3, -0.25) is 0 Å². The first-order valence-corrected chi connectivity index (χ1v) is 4.26. The lowest BCUT2D eigenvalue weighted by molar-refractivity contribution is 0.575. The summed E-state index contributed by atoms with van der Waals surface area (Å²) in [5.41, 5.74) is 0. The minimum Gasteiger partial charge on any atom is -0.354 e. The van der Waals surface area contributed by atoms with Crippen LogP contribution >= 0.6 is 0 Å². The quantitative estimate of drug-likeness (QED) is 0.602. The summed E-state index contributed by atoms with van der Waals surface area (Å²) in [4.78, 5) is 6.56. The van der Waals surface area contributed by atoms with E-state index in [1.807, 2.05) is 24.4 Å². The summed E-state index contributed by atoms with van der Waals surface area (Å²) in [6, 6.07) is 6.01. The van der Waals surface area contributed by atoms with E-state index in [0.29, 0.717) is 0 Å². The van der Waals surface area contributed by atoms with Crippen LogP contribution in [-0.2, 0) is 0 Å². The highest BCUT2D eigenvalue weighted by Gasteiger charge is 2.10. The van der Waals surface area contributed by atoms with Crippen molar-refractivity contribution in [1.29, 1.82) is 0 Å². The van der Waals surface area contributed by atoms with E-state index < -0.39 is 0 Å². The van der Waals surface area contributed by atoms with Gasteiger partial charge in [-0.2, -0.15) is 0 Å². The molecule has 3 nitrogen and oxygen atoms in total. The minimum absolute atomic E-state index is 0.941. The second-order valence-corrected chi connectivity index (χ2v) is 2.85. The molecule has 1 radical (unpaired) electrons. The summed E-state index contributed by atoms with van der Waals surface area (Å²) in [7, 11) is 0. The van der Waals surface area contributed by atoms with E-state index in [-0.39, 0.29) is 0 Å². The Hall–Kier alpha value is -1.09. The molecule has 2 rings (SSSR count). The van der Waals surface area contributed by atoms with Crippen LogP contribution in [0.15, 0.2) is 24.4 Å². The van der Waals surface area contributed by atoms with Crippen LogP contribution < -0.4 is 10.2 Å². The molecule has 12 heavy (non-hydrogen) atoms. The molecule has 1 aromatic heterocycles. The Labute approximate surface area is 72.4 Å². The second-order valence-electron chi connectivity index (χ2n) is 2.85. The Balaban J connectivity index is 2.08. The van der Waals surface area contributed by atoms with Gasteiger partial charge < -0.3 is 4.90 Å². The number of piperazine rings is 1. The van der Waals surface area contributed by atoms with Crippen molar-refractivity contribution < 1.29 is 0 Å². The zero-order valence-corrected chi connectivity index (χ0v) is 6.98. The molecule has 3 heteroatoms. The fraction of sp³-hybridized carbons (Fsp3) is 0.444. The summed E-state index contributed by atoms with van der Waals surface area (Å²) in [5, 5.41) is 4.28. The first-order valence-electron chi connectivity index (χ1n) is 4.26. The normalized spacial score (nSPS) is 17.8. The lowest BCUT2D eigenvalue weighted by atomic mass is 10.3. The molecule has 0 bridgehead atoms. The molecule has 0 saturated carbocycles. The van der Waals surface area contributed by atoms with Crippen molar-refractivity contribution in [2.75, 3.05) is 31.1 Å². The molecule has 1 fully saturated rings. The SMILES string of the molecule is c1ccc(N2CC[N]CC2)nc1. The maximum Gasteiger partial charge on any atom is 0.128 e. The van der Waals surface area contributed by atoms with Gasteiger partial charge in [-0.25, -0.2) is 10.3 Å². The van der Waals surface area contributed by atoms with Crippen LogP contribution in [0.25, 0.3) is 0 Å². The largest absolute Gasteiger partial charge is 0.354 e. The molecule has 0 N–H and O–H groups in total. The second kappa shape index (κ2) is 3.54. The number of rotatable bonds is 1. The van der Waals surface area contributed by atoms with Gasteiger partial charge in [-0.05, 0) is 12.1 Å². The predicted molar refractivity (Wildman–Crippen MR) is 48.3 cm³/mol. The number of pyridine rings is 1. The molecule has 0 amide bonds. The Morgan fingerprint density at radius 2 is 2.00 bits per heavy atom. The van der Waals surface area contributed by atoms with Gasteiger partial charge >= 0.3 is 0 Å². The molecule has 0 aliphatic carbocycles. The van der Waals surface area contributed by atoms with Gasteiger partial charge in [0, 0.05) is 32.4 Å².